The fraction of sp³-hybridized carbons (Fsp3) is 0.107. The maximum Gasteiger partial charge on any atom is 0.104 e. The molecular weight excluding hydrogens is 729 g/mol. The number of aryl methyl sites for hydroxylation is 1. The number of aromatic nitrogens is 1. The zero-order chi connectivity index (χ0) is 40.2. The van der Waals surface area contributed by atoms with Crippen molar-refractivity contribution in [1.29, 1.82) is 0 Å². The first-order valence-electron chi connectivity index (χ1n) is 21.1. The third-order valence-electron chi connectivity index (χ3n) is 12.6. The van der Waals surface area contributed by atoms with Gasteiger partial charge >= 0.3 is 0 Å². The van der Waals surface area contributed by atoms with Crippen LogP contribution in [0.25, 0.3) is 44.0 Å². The highest BCUT2D eigenvalue weighted by Crippen LogP contribution is 2.41. The summed E-state index contributed by atoms with van der Waals surface area (Å²) in [5.74, 6) is 0.274. The zero-order valence-electron chi connectivity index (χ0n) is 33.9. The van der Waals surface area contributed by atoms with Crippen molar-refractivity contribution in [1.82, 2.24) is 15.2 Å². The SMILES string of the molecule is CC1=C(N(c2ccc(C)cc2)c2ccc3ccccc3c2)C=CC(c2ccc3c(c2)c2ccccc2n3-c2ccc(C3NC(c4ccccc4)=C4C=CC=CC4N3)cc2)C1. The van der Waals surface area contributed by atoms with E-state index in [-0.39, 0.29) is 18.1 Å². The van der Waals surface area contributed by atoms with Gasteiger partial charge in [0.25, 0.3) is 0 Å². The van der Waals surface area contributed by atoms with Gasteiger partial charge in [0, 0.05) is 45.1 Å². The van der Waals surface area contributed by atoms with E-state index in [0.717, 1.165) is 12.1 Å². The summed E-state index contributed by atoms with van der Waals surface area (Å²) in [5, 5.41) is 12.7. The molecule has 2 aliphatic carbocycles. The van der Waals surface area contributed by atoms with Crippen molar-refractivity contribution in [2.75, 3.05) is 4.90 Å². The van der Waals surface area contributed by atoms with Crippen LogP contribution in [0.15, 0.2) is 217 Å². The van der Waals surface area contributed by atoms with Crippen molar-refractivity contribution in [3.63, 3.8) is 0 Å². The largest absolute Gasteiger partial charge is 0.365 e. The summed E-state index contributed by atoms with van der Waals surface area (Å²) >= 11 is 0. The molecule has 0 spiro atoms. The van der Waals surface area contributed by atoms with Crippen LogP contribution >= 0.6 is 0 Å². The van der Waals surface area contributed by atoms with E-state index in [4.69, 9.17) is 0 Å². The quantitative estimate of drug-likeness (QED) is 0.169. The van der Waals surface area contributed by atoms with Gasteiger partial charge in [-0.1, -0.05) is 145 Å². The van der Waals surface area contributed by atoms with Crippen LogP contribution in [0.5, 0.6) is 0 Å². The van der Waals surface area contributed by atoms with Crippen molar-refractivity contribution < 1.29 is 0 Å². The highest BCUT2D eigenvalue weighted by atomic mass is 15.2. The summed E-state index contributed by atoms with van der Waals surface area (Å²) in [6.45, 7) is 4.46. The molecule has 8 aromatic rings. The van der Waals surface area contributed by atoms with E-state index in [1.165, 1.54) is 88.7 Å². The van der Waals surface area contributed by atoms with Crippen LogP contribution in [0.3, 0.4) is 0 Å². The first kappa shape index (κ1) is 36.0. The first-order chi connectivity index (χ1) is 29.6. The van der Waals surface area contributed by atoms with Gasteiger partial charge in [-0.05, 0) is 120 Å². The van der Waals surface area contributed by atoms with Gasteiger partial charge in [0.1, 0.15) is 6.17 Å². The first-order valence-corrected chi connectivity index (χ1v) is 21.1. The van der Waals surface area contributed by atoms with Crippen molar-refractivity contribution in [3.05, 3.63) is 239 Å². The Morgan fingerprint density at radius 2 is 1.32 bits per heavy atom. The third-order valence-corrected chi connectivity index (χ3v) is 12.6. The number of anilines is 2. The van der Waals surface area contributed by atoms with Gasteiger partial charge in [0.05, 0.1) is 17.1 Å². The lowest BCUT2D eigenvalue weighted by atomic mass is 9.86. The molecule has 1 aliphatic heterocycles. The lowest BCUT2D eigenvalue weighted by Crippen LogP contribution is -2.45. The molecule has 3 unspecified atom stereocenters. The van der Waals surface area contributed by atoms with Crippen LogP contribution in [-0.4, -0.2) is 10.6 Å². The molecule has 0 saturated heterocycles. The normalized spacial score (nSPS) is 18.7. The van der Waals surface area contributed by atoms with E-state index in [1.807, 2.05) is 0 Å². The van der Waals surface area contributed by atoms with Crippen molar-refractivity contribution in [2.24, 2.45) is 0 Å². The topological polar surface area (TPSA) is 32.2 Å². The highest BCUT2D eigenvalue weighted by Gasteiger charge is 2.28. The van der Waals surface area contributed by atoms with Crippen molar-refractivity contribution in [3.8, 4) is 5.69 Å². The minimum absolute atomic E-state index is 0.0296. The average Bonchev–Trinajstić information content (AvgIpc) is 3.64. The molecular formula is C56H46N4. The number of hydrogen-bond donors (Lipinski definition) is 2. The fourth-order valence-corrected chi connectivity index (χ4v) is 9.51. The van der Waals surface area contributed by atoms with Crippen LogP contribution in [0, 0.1) is 6.92 Å². The number of nitrogens with one attached hydrogen (secondary N) is 2. The molecule has 11 rings (SSSR count). The molecule has 4 heteroatoms. The van der Waals surface area contributed by atoms with E-state index >= 15 is 0 Å². The molecule has 290 valence electrons. The van der Waals surface area contributed by atoms with Gasteiger partial charge in [-0.3, -0.25) is 5.32 Å². The molecule has 0 amide bonds. The second-order valence-corrected chi connectivity index (χ2v) is 16.4. The number of hydrogen-bond acceptors (Lipinski definition) is 3. The second-order valence-electron chi connectivity index (χ2n) is 16.4. The van der Waals surface area contributed by atoms with E-state index in [0.29, 0.717) is 0 Å². The molecule has 3 aliphatic rings. The van der Waals surface area contributed by atoms with Crippen LogP contribution in [0.4, 0.5) is 11.4 Å². The second kappa shape index (κ2) is 14.9. The van der Waals surface area contributed by atoms with E-state index in [9.17, 15) is 0 Å². The highest BCUT2D eigenvalue weighted by molar-refractivity contribution is 6.09. The Kier molecular flexibility index (Phi) is 8.94. The van der Waals surface area contributed by atoms with Crippen molar-refractivity contribution >= 4 is 49.7 Å². The lowest BCUT2D eigenvalue weighted by molar-refractivity contribution is 0.460. The summed E-state index contributed by atoms with van der Waals surface area (Å²) in [4.78, 5) is 2.43. The molecule has 0 saturated carbocycles. The molecule has 2 heterocycles. The Balaban J connectivity index is 0.907. The van der Waals surface area contributed by atoms with Gasteiger partial charge in [-0.2, -0.15) is 0 Å². The maximum atomic E-state index is 3.84. The smallest absolute Gasteiger partial charge is 0.104 e. The molecule has 0 fully saturated rings. The van der Waals surface area contributed by atoms with Crippen molar-refractivity contribution in [2.45, 2.75) is 38.4 Å². The third kappa shape index (κ3) is 6.37. The van der Waals surface area contributed by atoms with Gasteiger partial charge in [-0.25, -0.2) is 0 Å². The molecule has 60 heavy (non-hydrogen) atoms. The predicted molar refractivity (Wildman–Crippen MR) is 252 cm³/mol. The number of allylic oxidation sites excluding steroid dienone is 5. The zero-order valence-corrected chi connectivity index (χ0v) is 33.9. The fourth-order valence-electron chi connectivity index (χ4n) is 9.51. The lowest BCUT2D eigenvalue weighted by Gasteiger charge is -2.36. The summed E-state index contributed by atoms with van der Waals surface area (Å²) in [6.07, 6.45) is 14.4. The molecule has 0 radical (unpaired) electrons. The van der Waals surface area contributed by atoms with Gasteiger partial charge in [0.2, 0.25) is 0 Å². The van der Waals surface area contributed by atoms with Crippen LogP contribution in [0.1, 0.15) is 47.7 Å². The van der Waals surface area contributed by atoms with Crippen LogP contribution < -0.4 is 15.5 Å². The van der Waals surface area contributed by atoms with E-state index < -0.39 is 0 Å². The summed E-state index contributed by atoms with van der Waals surface area (Å²) in [5.41, 5.74) is 16.0. The maximum absolute atomic E-state index is 3.84. The Hall–Kier alpha value is -7.14. The molecule has 7 aromatic carbocycles. The predicted octanol–water partition coefficient (Wildman–Crippen LogP) is 13.5. The number of fused-ring (bicyclic) bond motifs is 5. The van der Waals surface area contributed by atoms with E-state index in [2.05, 4.69) is 234 Å². The minimum atomic E-state index is -0.0296. The summed E-state index contributed by atoms with van der Waals surface area (Å²) in [6, 6.07) is 60.2. The number of rotatable bonds is 7. The van der Waals surface area contributed by atoms with Crippen LogP contribution in [-0.2, 0) is 0 Å². The monoisotopic (exact) mass is 774 g/mol. The molecule has 3 atom stereocenters. The number of benzene rings is 7. The number of para-hydroxylation sites is 1. The minimum Gasteiger partial charge on any atom is -0.365 e. The van der Waals surface area contributed by atoms with Gasteiger partial charge in [0.15, 0.2) is 0 Å². The van der Waals surface area contributed by atoms with E-state index in [1.54, 1.807) is 0 Å². The average molecular weight is 775 g/mol. The van der Waals surface area contributed by atoms with Crippen LogP contribution in [0.2, 0.25) is 0 Å². The molecule has 4 nitrogen and oxygen atoms in total. The molecule has 1 aromatic heterocycles. The standard InChI is InChI=1S/C56H46N4/c1-37-20-27-45(28-21-37)59(47-31-22-39-12-6-7-15-42(39)35-47)52-32-25-43(34-38(52)2)44-26-33-54-50(36-44)48-16-9-11-19-53(48)60(54)46-29-23-41(24-30-46)56-57-51-18-10-8-17-49(51)55(58-56)40-13-4-3-5-14-40/h3-33,35-36,43,51,56-58H,34H2,1-2H3. The Labute approximate surface area is 351 Å². The summed E-state index contributed by atoms with van der Waals surface area (Å²) < 4.78 is 2.42. The number of nitrogens with zero attached hydrogens (tertiary/aromatic N) is 2. The van der Waals surface area contributed by atoms with Gasteiger partial charge in [-0.15, -0.1) is 0 Å². The summed E-state index contributed by atoms with van der Waals surface area (Å²) in [7, 11) is 0. The van der Waals surface area contributed by atoms with Gasteiger partial charge < -0.3 is 14.8 Å². The Morgan fingerprint density at radius 1 is 0.583 bits per heavy atom. The Bertz CT molecular complexity index is 3090. The molecule has 2 N–H and O–H groups in total. The molecule has 0 bridgehead atoms. The Morgan fingerprint density at radius 3 is 2.15 bits per heavy atom.